The third-order valence-corrected chi connectivity index (χ3v) is 5.67. The molecule has 2 atom stereocenters. The average molecular weight is 307 g/mol. The zero-order valence-electron chi connectivity index (χ0n) is 12.5. The molecule has 22 heavy (non-hydrogen) atoms. The minimum absolute atomic E-state index is 0.217. The first kappa shape index (κ1) is 15.3. The quantitative estimate of drug-likeness (QED) is 0.573. The van der Waals surface area contributed by atoms with Crippen LogP contribution < -0.4 is 10.4 Å². The summed E-state index contributed by atoms with van der Waals surface area (Å²) in [6.07, 6.45) is 0. The maximum atomic E-state index is 4.00. The van der Waals surface area contributed by atoms with Crippen molar-refractivity contribution in [1.29, 1.82) is 0 Å². The van der Waals surface area contributed by atoms with E-state index >= 15 is 0 Å². The molecule has 0 aliphatic heterocycles. The monoisotopic (exact) mass is 307 g/mol. The van der Waals surface area contributed by atoms with E-state index in [2.05, 4.69) is 91.5 Å². The standard InChI is InChI=1S/C19H23BNP/c1-15(21-22(2,20)17-11-4-3-5-12-17)18-14-8-10-16-9-6-7-13-19(16)18/h3-15,21H,1-2,20H3/t15-,22?/m0/s1. The molecular formula is C19H23BNP. The number of nitrogens with one attached hydrogen (secondary N) is 1. The highest BCUT2D eigenvalue weighted by Gasteiger charge is 2.24. The summed E-state index contributed by atoms with van der Waals surface area (Å²) < 4.78 is 0. The lowest BCUT2D eigenvalue weighted by Crippen LogP contribution is -2.27. The van der Waals surface area contributed by atoms with E-state index in [4.69, 9.17) is 0 Å². The molecular weight excluding hydrogens is 284 g/mol. The molecule has 0 saturated carbocycles. The van der Waals surface area contributed by atoms with Gasteiger partial charge in [-0.2, -0.15) is 0 Å². The second-order valence-corrected chi connectivity index (χ2v) is 7.21. The van der Waals surface area contributed by atoms with Gasteiger partial charge in [-0.05, 0) is 35.4 Å². The molecule has 0 heterocycles. The van der Waals surface area contributed by atoms with Gasteiger partial charge in [0.2, 0.25) is 0 Å². The van der Waals surface area contributed by atoms with E-state index in [0.29, 0.717) is 6.04 Å². The Hall–Kier alpha value is -1.63. The minimum Gasteiger partial charge on any atom is -0.225 e. The summed E-state index contributed by atoms with van der Waals surface area (Å²) in [5.41, 5.74) is 1.42. The van der Waals surface area contributed by atoms with Crippen molar-refractivity contribution < 1.29 is 0 Å². The highest BCUT2D eigenvalue weighted by Crippen LogP contribution is 2.46. The van der Waals surface area contributed by atoms with Crippen molar-refractivity contribution >= 4 is 30.9 Å². The minimum atomic E-state index is -1.09. The summed E-state index contributed by atoms with van der Waals surface area (Å²) in [5, 5.41) is 8.24. The molecule has 3 aromatic rings. The Labute approximate surface area is 134 Å². The third-order valence-electron chi connectivity index (χ3n) is 3.82. The van der Waals surface area contributed by atoms with Gasteiger partial charge in [0.15, 0.2) is 0 Å². The topological polar surface area (TPSA) is 12.0 Å². The molecule has 0 bridgehead atoms. The smallest absolute Gasteiger partial charge is 0.150 e. The van der Waals surface area contributed by atoms with Crippen LogP contribution in [0.2, 0.25) is 0 Å². The molecule has 0 aliphatic carbocycles. The first-order valence-electron chi connectivity index (χ1n) is 7.28. The number of rotatable bonds is 4. The maximum absolute atomic E-state index is 4.00. The summed E-state index contributed by atoms with van der Waals surface area (Å²) in [6.45, 7) is 4.77. The normalized spacial score (nSPS) is 15.4. The molecule has 0 radical (unpaired) electrons. The summed E-state index contributed by atoms with van der Waals surface area (Å²) in [5.74, 6) is 0. The number of fused-ring (bicyclic) bond motifs is 1. The van der Waals surface area contributed by atoms with Gasteiger partial charge in [-0.3, -0.25) is 0 Å². The van der Waals surface area contributed by atoms with E-state index in [9.17, 15) is 0 Å². The van der Waals surface area contributed by atoms with Crippen molar-refractivity contribution in [3.8, 4) is 0 Å². The average Bonchev–Trinajstić information content (AvgIpc) is 2.54. The second-order valence-electron chi connectivity index (χ2n) is 5.31. The van der Waals surface area contributed by atoms with Crippen LogP contribution in [-0.4, -0.2) is 14.2 Å². The lowest BCUT2D eigenvalue weighted by molar-refractivity contribution is 0.752. The van der Waals surface area contributed by atoms with Crippen LogP contribution in [0.1, 0.15) is 18.5 Å². The summed E-state index contributed by atoms with van der Waals surface area (Å²) in [4.78, 5) is 0. The lowest BCUT2D eigenvalue weighted by Gasteiger charge is -2.30. The zero-order chi connectivity index (χ0) is 15.6. The third kappa shape index (κ3) is 3.09. The fourth-order valence-electron chi connectivity index (χ4n) is 2.71. The molecule has 3 heteroatoms. The highest BCUT2D eigenvalue weighted by atomic mass is 31.2. The summed E-state index contributed by atoms with van der Waals surface area (Å²) >= 11 is 0. The molecule has 1 nitrogen and oxygen atoms in total. The van der Waals surface area contributed by atoms with Crippen molar-refractivity contribution in [2.45, 2.75) is 13.0 Å². The summed E-state index contributed by atoms with van der Waals surface area (Å²) in [6, 6.07) is 26.8. The Bertz CT molecular complexity index is 765. The van der Waals surface area contributed by atoms with Gasteiger partial charge in [-0.15, -0.1) is 0 Å². The van der Waals surface area contributed by atoms with Crippen LogP contribution in [0.25, 0.3) is 10.8 Å². The molecule has 0 aromatic heterocycles. The van der Waals surface area contributed by atoms with Crippen molar-refractivity contribution in [3.63, 3.8) is 0 Å². The van der Waals surface area contributed by atoms with Crippen LogP contribution in [0.3, 0.4) is 0 Å². The zero-order valence-corrected chi connectivity index (χ0v) is 13.3. The molecule has 112 valence electrons. The van der Waals surface area contributed by atoms with Gasteiger partial charge in [-0.1, -0.05) is 68.0 Å². The maximum Gasteiger partial charge on any atom is 0.150 e. The van der Waals surface area contributed by atoms with Crippen LogP contribution in [0, 0.1) is 0 Å². The molecule has 0 saturated heterocycles. The highest BCUT2D eigenvalue weighted by molar-refractivity contribution is 8.01. The van der Waals surface area contributed by atoms with Gasteiger partial charge in [0.05, 0.1) is 11.3 Å². The largest absolute Gasteiger partial charge is 0.225 e. The first-order valence-corrected chi connectivity index (χ1v) is 9.07. The number of hydrogen-bond acceptors (Lipinski definition) is 1. The predicted octanol–water partition coefficient (Wildman–Crippen LogP) is 3.66. The molecule has 0 amide bonds. The first-order chi connectivity index (χ1) is 10.6. The lowest BCUT2D eigenvalue weighted by atomic mass is 10.0. The van der Waals surface area contributed by atoms with Crippen LogP contribution >= 0.6 is 7.29 Å². The van der Waals surface area contributed by atoms with Crippen LogP contribution in [0.15, 0.2) is 72.8 Å². The molecule has 0 spiro atoms. The van der Waals surface area contributed by atoms with E-state index in [1.54, 1.807) is 0 Å². The fourth-order valence-corrected chi connectivity index (χ4v) is 4.20. The molecule has 3 rings (SSSR count). The molecule has 1 N–H and O–H groups in total. The van der Waals surface area contributed by atoms with Gasteiger partial charge in [0.1, 0.15) is 7.57 Å². The Morgan fingerprint density at radius 1 is 0.864 bits per heavy atom. The van der Waals surface area contributed by atoms with Crippen molar-refractivity contribution in [1.82, 2.24) is 5.09 Å². The molecule has 0 aliphatic rings. The molecule has 3 aromatic carbocycles. The van der Waals surface area contributed by atoms with Gasteiger partial charge in [0, 0.05) is 6.66 Å². The fraction of sp³-hybridized carbons (Fsp3) is 0.158. The Morgan fingerprint density at radius 2 is 1.50 bits per heavy atom. The Morgan fingerprint density at radius 3 is 2.27 bits per heavy atom. The van der Waals surface area contributed by atoms with Crippen LogP contribution in [0.5, 0.6) is 0 Å². The number of hydrogen-bond donors (Lipinski definition) is 1. The molecule has 1 unspecified atom stereocenters. The van der Waals surface area contributed by atoms with Gasteiger partial charge in [-0.25, -0.2) is 5.09 Å². The molecule has 0 fully saturated rings. The van der Waals surface area contributed by atoms with E-state index in [1.807, 2.05) is 0 Å². The second kappa shape index (κ2) is 6.24. The predicted molar refractivity (Wildman–Crippen MR) is 104 cm³/mol. The van der Waals surface area contributed by atoms with Crippen molar-refractivity contribution in [3.05, 3.63) is 78.4 Å². The van der Waals surface area contributed by atoms with Gasteiger partial charge < -0.3 is 0 Å². The van der Waals surface area contributed by atoms with Crippen LogP contribution in [-0.2, 0) is 0 Å². The van der Waals surface area contributed by atoms with Crippen molar-refractivity contribution in [2.24, 2.45) is 0 Å². The van der Waals surface area contributed by atoms with E-state index in [-0.39, 0.29) is 7.57 Å². The van der Waals surface area contributed by atoms with Gasteiger partial charge in [0.25, 0.3) is 0 Å². The van der Waals surface area contributed by atoms with E-state index in [0.717, 1.165) is 0 Å². The Kier molecular flexibility index (Phi) is 4.33. The van der Waals surface area contributed by atoms with Crippen LogP contribution in [0.4, 0.5) is 0 Å². The van der Waals surface area contributed by atoms with E-state index < -0.39 is 7.29 Å². The summed E-state index contributed by atoms with van der Waals surface area (Å²) in [7, 11) is -0.878. The number of benzene rings is 3. The SMILES string of the molecule is [BH3-][P+](C)(N[C@@H](C)c1cccc2ccccc12)c1ccccc1. The van der Waals surface area contributed by atoms with E-state index in [1.165, 1.54) is 21.6 Å². The Balaban J connectivity index is 1.92. The van der Waals surface area contributed by atoms with Crippen molar-refractivity contribution in [2.75, 3.05) is 6.66 Å². The van der Waals surface area contributed by atoms with Gasteiger partial charge >= 0.3 is 0 Å².